The van der Waals surface area contributed by atoms with E-state index in [-0.39, 0.29) is 36.2 Å². The van der Waals surface area contributed by atoms with Gasteiger partial charge in [0, 0.05) is 44.4 Å². The molecular weight excluding hydrogens is 529 g/mol. The molecule has 0 spiro atoms. The van der Waals surface area contributed by atoms with Crippen LogP contribution >= 0.6 is 35.3 Å². The Morgan fingerprint density at radius 1 is 1.32 bits per heavy atom. The Kier molecular flexibility index (Phi) is 12.7. The Balaban J connectivity index is 0.00000480. The minimum atomic E-state index is -0.469. The van der Waals surface area contributed by atoms with Gasteiger partial charge in [0.15, 0.2) is 5.96 Å². The minimum absolute atomic E-state index is 0. The highest BCUT2D eigenvalue weighted by molar-refractivity contribution is 14.0. The first kappa shape index (κ1) is 27.9. The standard InChI is InChI=1S/C21H37N5O3S.HI/c1-6-17-14-24-18(30-17)15-25-19(22-5)26-11-8-16(9-12-26)28-13-7-10-23-20(27)29-21(2,3)4;/h14,16H,6-13,15H2,1-5H3,(H,22,25)(H,23,27);1H. The predicted molar refractivity (Wildman–Crippen MR) is 137 cm³/mol. The molecule has 2 heterocycles. The zero-order chi connectivity index (χ0) is 22.0. The number of thiazole rings is 1. The van der Waals surface area contributed by atoms with Crippen molar-refractivity contribution in [3.63, 3.8) is 0 Å². The zero-order valence-electron chi connectivity index (χ0n) is 19.4. The van der Waals surface area contributed by atoms with E-state index in [9.17, 15) is 4.79 Å². The summed E-state index contributed by atoms with van der Waals surface area (Å²) in [5.41, 5.74) is -0.469. The van der Waals surface area contributed by atoms with Crippen molar-refractivity contribution in [1.82, 2.24) is 20.5 Å². The summed E-state index contributed by atoms with van der Waals surface area (Å²) in [5, 5.41) is 7.28. The summed E-state index contributed by atoms with van der Waals surface area (Å²) in [5.74, 6) is 0.920. The SMILES string of the molecule is CCc1cnc(CNC(=NC)N2CCC(OCCCNC(=O)OC(C)(C)C)CC2)s1.I. The molecule has 1 fully saturated rings. The quantitative estimate of drug-likeness (QED) is 0.215. The number of nitrogens with zero attached hydrogens (tertiary/aromatic N) is 3. The number of carbonyl (C=O) groups excluding carboxylic acids is 1. The van der Waals surface area contributed by atoms with E-state index in [2.05, 4.69) is 32.4 Å². The third-order valence-electron chi connectivity index (χ3n) is 4.64. The van der Waals surface area contributed by atoms with Crippen molar-refractivity contribution in [3.8, 4) is 0 Å². The van der Waals surface area contributed by atoms with Crippen molar-refractivity contribution >= 4 is 47.4 Å². The first-order valence-electron chi connectivity index (χ1n) is 10.8. The molecule has 1 aromatic heterocycles. The molecule has 0 radical (unpaired) electrons. The maximum Gasteiger partial charge on any atom is 0.407 e. The molecule has 31 heavy (non-hydrogen) atoms. The fourth-order valence-electron chi connectivity index (χ4n) is 3.14. The van der Waals surface area contributed by atoms with Gasteiger partial charge in [-0.05, 0) is 46.5 Å². The van der Waals surface area contributed by atoms with E-state index >= 15 is 0 Å². The number of hydrogen-bond acceptors (Lipinski definition) is 6. The number of alkyl carbamates (subject to hydrolysis) is 1. The number of hydrogen-bond donors (Lipinski definition) is 2. The van der Waals surface area contributed by atoms with E-state index in [0.717, 1.165) is 49.7 Å². The van der Waals surface area contributed by atoms with Crippen LogP contribution in [0.4, 0.5) is 4.79 Å². The second-order valence-corrected chi connectivity index (χ2v) is 9.51. The minimum Gasteiger partial charge on any atom is -0.444 e. The molecule has 1 aliphatic heterocycles. The van der Waals surface area contributed by atoms with Crippen LogP contribution in [-0.4, -0.2) is 66.9 Å². The van der Waals surface area contributed by atoms with E-state index in [4.69, 9.17) is 9.47 Å². The highest BCUT2D eigenvalue weighted by Crippen LogP contribution is 2.16. The number of aryl methyl sites for hydroxylation is 1. The molecule has 8 nitrogen and oxygen atoms in total. The smallest absolute Gasteiger partial charge is 0.407 e. The number of carbonyl (C=O) groups is 1. The molecule has 1 aromatic rings. The third-order valence-corrected chi connectivity index (χ3v) is 5.79. The third kappa shape index (κ3) is 10.8. The van der Waals surface area contributed by atoms with Gasteiger partial charge < -0.3 is 25.0 Å². The molecule has 178 valence electrons. The van der Waals surface area contributed by atoms with Gasteiger partial charge in [-0.15, -0.1) is 35.3 Å². The van der Waals surface area contributed by atoms with E-state index < -0.39 is 5.60 Å². The maximum atomic E-state index is 11.6. The van der Waals surface area contributed by atoms with Gasteiger partial charge in [0.2, 0.25) is 0 Å². The summed E-state index contributed by atoms with van der Waals surface area (Å²) in [4.78, 5) is 24.1. The predicted octanol–water partition coefficient (Wildman–Crippen LogP) is 3.79. The molecule has 1 amide bonds. The van der Waals surface area contributed by atoms with Crippen molar-refractivity contribution < 1.29 is 14.3 Å². The molecule has 0 aromatic carbocycles. The number of halogens is 1. The van der Waals surface area contributed by atoms with Gasteiger partial charge in [0.25, 0.3) is 0 Å². The van der Waals surface area contributed by atoms with Gasteiger partial charge in [0.05, 0.1) is 12.6 Å². The Hall–Kier alpha value is -1.14. The van der Waals surface area contributed by atoms with E-state index in [1.807, 2.05) is 34.0 Å². The summed E-state index contributed by atoms with van der Waals surface area (Å²) in [6.07, 6.45) is 5.57. The molecule has 1 aliphatic rings. The molecule has 2 N–H and O–H groups in total. The highest BCUT2D eigenvalue weighted by atomic mass is 127. The van der Waals surface area contributed by atoms with Gasteiger partial charge in [-0.2, -0.15) is 0 Å². The van der Waals surface area contributed by atoms with Crippen molar-refractivity contribution in [2.24, 2.45) is 4.99 Å². The Morgan fingerprint density at radius 2 is 2.03 bits per heavy atom. The average Bonchev–Trinajstić information content (AvgIpc) is 3.16. The number of likely N-dealkylation sites (tertiary alicyclic amines) is 1. The summed E-state index contributed by atoms with van der Waals surface area (Å²) >= 11 is 1.75. The number of amides is 1. The second kappa shape index (κ2) is 14.1. The van der Waals surface area contributed by atoms with Gasteiger partial charge in [-0.25, -0.2) is 9.78 Å². The lowest BCUT2D eigenvalue weighted by Crippen LogP contribution is -2.46. The molecule has 0 aliphatic carbocycles. The van der Waals surface area contributed by atoms with Crippen molar-refractivity contribution in [3.05, 3.63) is 16.1 Å². The number of guanidine groups is 1. The first-order chi connectivity index (χ1) is 14.3. The first-order valence-corrected chi connectivity index (χ1v) is 11.6. The van der Waals surface area contributed by atoms with Gasteiger partial charge in [0.1, 0.15) is 10.6 Å². The summed E-state index contributed by atoms with van der Waals surface area (Å²) in [6.45, 7) is 11.4. The number of aliphatic imine (C=N–C) groups is 1. The number of aromatic nitrogens is 1. The second-order valence-electron chi connectivity index (χ2n) is 8.31. The molecule has 10 heteroatoms. The van der Waals surface area contributed by atoms with Crippen LogP contribution in [0.2, 0.25) is 0 Å². The lowest BCUT2D eigenvalue weighted by molar-refractivity contribution is 0.0170. The lowest BCUT2D eigenvalue weighted by atomic mass is 10.1. The summed E-state index contributed by atoms with van der Waals surface area (Å²) in [7, 11) is 1.82. The Bertz CT molecular complexity index is 685. The van der Waals surface area contributed by atoms with Crippen molar-refractivity contribution in [2.45, 2.75) is 71.6 Å². The molecule has 0 unspecified atom stereocenters. The number of piperidine rings is 1. The molecule has 2 rings (SSSR count). The van der Waals surface area contributed by atoms with E-state index in [0.29, 0.717) is 19.7 Å². The summed E-state index contributed by atoms with van der Waals surface area (Å²) < 4.78 is 11.2. The van der Waals surface area contributed by atoms with Crippen LogP contribution in [0.1, 0.15) is 56.8 Å². The molecule has 0 atom stereocenters. The van der Waals surface area contributed by atoms with Gasteiger partial charge >= 0.3 is 6.09 Å². The normalized spacial score (nSPS) is 15.4. The van der Waals surface area contributed by atoms with Gasteiger partial charge in [-0.3, -0.25) is 4.99 Å². The lowest BCUT2D eigenvalue weighted by Gasteiger charge is -2.34. The molecule has 1 saturated heterocycles. The van der Waals surface area contributed by atoms with Crippen LogP contribution in [0.3, 0.4) is 0 Å². The molecule has 0 bridgehead atoms. The van der Waals surface area contributed by atoms with Crippen LogP contribution < -0.4 is 10.6 Å². The Labute approximate surface area is 207 Å². The largest absolute Gasteiger partial charge is 0.444 e. The number of ether oxygens (including phenoxy) is 2. The molecule has 0 saturated carbocycles. The van der Waals surface area contributed by atoms with E-state index in [1.54, 1.807) is 11.3 Å². The van der Waals surface area contributed by atoms with Crippen LogP contribution in [0.15, 0.2) is 11.2 Å². The van der Waals surface area contributed by atoms with Gasteiger partial charge in [-0.1, -0.05) is 6.92 Å². The number of nitrogens with one attached hydrogen (secondary N) is 2. The fourth-order valence-corrected chi connectivity index (χ4v) is 3.94. The van der Waals surface area contributed by atoms with Crippen LogP contribution in [0.25, 0.3) is 0 Å². The topological polar surface area (TPSA) is 88.1 Å². The zero-order valence-corrected chi connectivity index (χ0v) is 22.5. The van der Waals surface area contributed by atoms with Crippen molar-refractivity contribution in [2.75, 3.05) is 33.3 Å². The maximum absolute atomic E-state index is 11.6. The summed E-state index contributed by atoms with van der Waals surface area (Å²) in [6, 6.07) is 0. The van der Waals surface area contributed by atoms with Crippen LogP contribution in [-0.2, 0) is 22.4 Å². The van der Waals surface area contributed by atoms with Crippen LogP contribution in [0.5, 0.6) is 0 Å². The Morgan fingerprint density at radius 3 is 2.61 bits per heavy atom. The van der Waals surface area contributed by atoms with Crippen molar-refractivity contribution in [1.29, 1.82) is 0 Å². The number of rotatable bonds is 8. The van der Waals surface area contributed by atoms with E-state index in [1.165, 1.54) is 4.88 Å². The monoisotopic (exact) mass is 567 g/mol. The fraction of sp³-hybridized carbons (Fsp3) is 0.762. The molecular formula is C21H38IN5O3S. The average molecular weight is 568 g/mol. The highest BCUT2D eigenvalue weighted by Gasteiger charge is 2.22. The van der Waals surface area contributed by atoms with Crippen LogP contribution in [0, 0.1) is 0 Å².